The molecule has 3 N–H and O–H groups in total. The molecule has 0 saturated carbocycles. The molecule has 5 nitrogen and oxygen atoms in total. The molecule has 2 rings (SSSR count). The van der Waals surface area contributed by atoms with Crippen molar-refractivity contribution >= 4 is 10.0 Å². The number of rotatable bonds is 4. The van der Waals surface area contributed by atoms with Gasteiger partial charge in [-0.15, -0.1) is 0 Å². The van der Waals surface area contributed by atoms with Gasteiger partial charge in [0.1, 0.15) is 5.75 Å². The third-order valence-corrected chi connectivity index (χ3v) is 4.25. The Labute approximate surface area is 120 Å². The van der Waals surface area contributed by atoms with Gasteiger partial charge in [-0.1, -0.05) is 19.9 Å². The highest BCUT2D eigenvalue weighted by Gasteiger charge is 2.25. The second-order valence-electron chi connectivity index (χ2n) is 5.65. The van der Waals surface area contributed by atoms with E-state index in [1.165, 1.54) is 6.26 Å². The van der Waals surface area contributed by atoms with Crippen LogP contribution in [0.4, 0.5) is 0 Å². The second kappa shape index (κ2) is 5.71. The average Bonchev–Trinajstić information content (AvgIpc) is 2.36. The summed E-state index contributed by atoms with van der Waals surface area (Å²) in [5.41, 5.74) is 8.04. The summed E-state index contributed by atoms with van der Waals surface area (Å²) in [7, 11) is -3.25. The maximum Gasteiger partial charge on any atom is 0.209 e. The van der Waals surface area contributed by atoms with Crippen LogP contribution in [-0.4, -0.2) is 21.3 Å². The maximum atomic E-state index is 11.5. The van der Waals surface area contributed by atoms with Crippen molar-refractivity contribution in [3.63, 3.8) is 0 Å². The lowest BCUT2D eigenvalue weighted by atomic mass is 9.92. The van der Waals surface area contributed by atoms with Gasteiger partial charge in [-0.2, -0.15) is 0 Å². The van der Waals surface area contributed by atoms with Crippen molar-refractivity contribution in [1.82, 2.24) is 4.72 Å². The zero-order valence-corrected chi connectivity index (χ0v) is 12.9. The fourth-order valence-electron chi connectivity index (χ4n) is 2.39. The molecule has 0 amide bonds. The standard InChI is InChI=1S/C14H22N2O3S/c1-9(2)14(15)10-4-5-13-11(8-10)12(6-7-19-13)16-20(3,17)18/h4-5,8-9,12,14,16H,6-7,15H2,1-3H3. The highest BCUT2D eigenvalue weighted by Crippen LogP contribution is 2.35. The molecule has 1 aliphatic rings. The first kappa shape index (κ1) is 15.3. The largest absolute Gasteiger partial charge is 0.493 e. The van der Waals surface area contributed by atoms with Gasteiger partial charge in [-0.05, 0) is 23.6 Å². The van der Waals surface area contributed by atoms with Gasteiger partial charge in [0.05, 0.1) is 18.9 Å². The third-order valence-electron chi connectivity index (χ3n) is 3.53. The molecule has 1 aromatic rings. The third kappa shape index (κ3) is 3.50. The van der Waals surface area contributed by atoms with E-state index in [9.17, 15) is 8.42 Å². The fourth-order valence-corrected chi connectivity index (χ4v) is 3.15. The molecule has 2 atom stereocenters. The summed E-state index contributed by atoms with van der Waals surface area (Å²) < 4.78 is 31.2. The highest BCUT2D eigenvalue weighted by molar-refractivity contribution is 7.88. The van der Waals surface area contributed by atoms with Gasteiger partial charge in [0.25, 0.3) is 0 Å². The van der Waals surface area contributed by atoms with Crippen molar-refractivity contribution in [3.8, 4) is 5.75 Å². The first-order valence-corrected chi connectivity index (χ1v) is 8.66. The summed E-state index contributed by atoms with van der Waals surface area (Å²) in [4.78, 5) is 0. The number of nitrogens with one attached hydrogen (secondary N) is 1. The van der Waals surface area contributed by atoms with Gasteiger partial charge in [-0.3, -0.25) is 0 Å². The first-order valence-electron chi connectivity index (χ1n) is 6.77. The van der Waals surface area contributed by atoms with Crippen molar-refractivity contribution in [2.45, 2.75) is 32.4 Å². The molecule has 0 bridgehead atoms. The summed E-state index contributed by atoms with van der Waals surface area (Å²) in [5.74, 6) is 1.05. The molecule has 2 unspecified atom stereocenters. The fraction of sp³-hybridized carbons (Fsp3) is 0.571. The molecule has 0 spiro atoms. The minimum absolute atomic E-state index is 0.0684. The van der Waals surface area contributed by atoms with E-state index in [2.05, 4.69) is 18.6 Å². The van der Waals surface area contributed by atoms with Gasteiger partial charge < -0.3 is 10.5 Å². The summed E-state index contributed by atoms with van der Waals surface area (Å²) in [6.07, 6.45) is 1.80. The molecule has 0 aliphatic carbocycles. The molecule has 0 radical (unpaired) electrons. The van der Waals surface area contributed by atoms with Gasteiger partial charge in [-0.25, -0.2) is 13.1 Å². The van der Waals surface area contributed by atoms with Gasteiger partial charge in [0.2, 0.25) is 10.0 Å². The Morgan fingerprint density at radius 3 is 2.70 bits per heavy atom. The lowest BCUT2D eigenvalue weighted by molar-refractivity contribution is 0.263. The van der Waals surface area contributed by atoms with E-state index in [4.69, 9.17) is 10.5 Å². The van der Waals surface area contributed by atoms with Crippen LogP contribution in [0, 0.1) is 5.92 Å². The smallest absolute Gasteiger partial charge is 0.209 e. The van der Waals surface area contributed by atoms with Crippen molar-refractivity contribution in [2.24, 2.45) is 11.7 Å². The van der Waals surface area contributed by atoms with Crippen molar-refractivity contribution in [3.05, 3.63) is 29.3 Å². The van der Waals surface area contributed by atoms with Crippen LogP contribution in [0.3, 0.4) is 0 Å². The van der Waals surface area contributed by atoms with Crippen LogP contribution < -0.4 is 15.2 Å². The number of hydrogen-bond acceptors (Lipinski definition) is 4. The quantitative estimate of drug-likeness (QED) is 0.886. The van der Waals surface area contributed by atoms with Gasteiger partial charge in [0, 0.05) is 18.0 Å². The van der Waals surface area contributed by atoms with Crippen LogP contribution in [0.2, 0.25) is 0 Å². The molecule has 1 aliphatic heterocycles. The molecule has 1 aromatic carbocycles. The van der Waals surface area contributed by atoms with Crippen LogP contribution >= 0.6 is 0 Å². The lowest BCUT2D eigenvalue weighted by Crippen LogP contribution is -2.31. The van der Waals surface area contributed by atoms with E-state index in [-0.39, 0.29) is 12.1 Å². The molecule has 6 heteroatoms. The number of nitrogens with two attached hydrogens (primary N) is 1. The van der Waals surface area contributed by atoms with Crippen molar-refractivity contribution in [1.29, 1.82) is 0 Å². The van der Waals surface area contributed by atoms with Crippen LogP contribution in [0.1, 0.15) is 43.5 Å². The Morgan fingerprint density at radius 2 is 2.10 bits per heavy atom. The molecule has 0 fully saturated rings. The predicted molar refractivity (Wildman–Crippen MR) is 79.0 cm³/mol. The highest BCUT2D eigenvalue weighted by atomic mass is 32.2. The Morgan fingerprint density at radius 1 is 1.40 bits per heavy atom. The molecule has 20 heavy (non-hydrogen) atoms. The van der Waals surface area contributed by atoms with Crippen molar-refractivity contribution in [2.75, 3.05) is 12.9 Å². The van der Waals surface area contributed by atoms with Crippen LogP contribution in [0.15, 0.2) is 18.2 Å². The summed E-state index contributed by atoms with van der Waals surface area (Å²) in [5, 5.41) is 0. The monoisotopic (exact) mass is 298 g/mol. The van der Waals surface area contributed by atoms with E-state index in [1.54, 1.807) is 0 Å². The number of hydrogen-bond donors (Lipinski definition) is 2. The van der Waals surface area contributed by atoms with Crippen LogP contribution in [0.5, 0.6) is 5.75 Å². The lowest BCUT2D eigenvalue weighted by Gasteiger charge is -2.27. The average molecular weight is 298 g/mol. The summed E-state index contributed by atoms with van der Waals surface area (Å²) in [6, 6.07) is 5.48. The SMILES string of the molecule is CC(C)C(N)c1ccc2c(c1)C(NS(C)(=O)=O)CCO2. The minimum Gasteiger partial charge on any atom is -0.493 e. The normalized spacial score (nSPS) is 20.4. The first-order chi connectivity index (χ1) is 9.28. The van der Waals surface area contributed by atoms with E-state index in [0.29, 0.717) is 18.9 Å². The van der Waals surface area contributed by atoms with Gasteiger partial charge >= 0.3 is 0 Å². The molecule has 0 saturated heterocycles. The summed E-state index contributed by atoms with van der Waals surface area (Å²) >= 11 is 0. The van der Waals surface area contributed by atoms with Crippen LogP contribution in [0.25, 0.3) is 0 Å². The molecule has 112 valence electrons. The number of benzene rings is 1. The second-order valence-corrected chi connectivity index (χ2v) is 7.43. The summed E-state index contributed by atoms with van der Waals surface area (Å²) in [6.45, 7) is 4.63. The van der Waals surface area contributed by atoms with E-state index >= 15 is 0 Å². The number of sulfonamides is 1. The van der Waals surface area contributed by atoms with E-state index < -0.39 is 10.0 Å². The Balaban J connectivity index is 2.36. The molecular formula is C14H22N2O3S. The predicted octanol–water partition coefficient (Wildman–Crippen LogP) is 1.72. The van der Waals surface area contributed by atoms with Crippen LogP contribution in [-0.2, 0) is 10.0 Å². The molecule has 0 aromatic heterocycles. The minimum atomic E-state index is -3.25. The molecular weight excluding hydrogens is 276 g/mol. The number of fused-ring (bicyclic) bond motifs is 1. The Kier molecular flexibility index (Phi) is 4.36. The van der Waals surface area contributed by atoms with E-state index in [0.717, 1.165) is 16.9 Å². The zero-order chi connectivity index (χ0) is 14.9. The molecule has 1 heterocycles. The number of ether oxygens (including phenoxy) is 1. The Hall–Kier alpha value is -1.11. The topological polar surface area (TPSA) is 81.4 Å². The van der Waals surface area contributed by atoms with Crippen molar-refractivity contribution < 1.29 is 13.2 Å². The maximum absolute atomic E-state index is 11.5. The van der Waals surface area contributed by atoms with Gasteiger partial charge in [0.15, 0.2) is 0 Å². The zero-order valence-electron chi connectivity index (χ0n) is 12.1. The van der Waals surface area contributed by atoms with E-state index in [1.807, 2.05) is 18.2 Å². The Bertz CT molecular complexity index is 584.